The molecule has 3 N–H and O–H groups in total. The lowest BCUT2D eigenvalue weighted by Gasteiger charge is -2.31. The predicted octanol–water partition coefficient (Wildman–Crippen LogP) is 0.0706. The molecule has 10 heteroatoms. The maximum absolute atomic E-state index is 13.0. The highest BCUT2D eigenvalue weighted by atomic mass is 28.1. The first kappa shape index (κ1) is 22.2. The molecule has 7 nitrogen and oxygen atoms in total. The Morgan fingerprint density at radius 1 is 1.33 bits per heavy atom. The highest BCUT2D eigenvalue weighted by Crippen LogP contribution is 2.18. The summed E-state index contributed by atoms with van der Waals surface area (Å²) in [6.45, 7) is 3.05. The van der Waals surface area contributed by atoms with Crippen molar-refractivity contribution < 1.29 is 33.5 Å². The van der Waals surface area contributed by atoms with Gasteiger partial charge in [-0.1, -0.05) is 18.2 Å². The molecule has 1 aliphatic heterocycles. The van der Waals surface area contributed by atoms with E-state index in [1.54, 1.807) is 19.1 Å². The van der Waals surface area contributed by atoms with Gasteiger partial charge in [0.2, 0.25) is 0 Å². The first-order chi connectivity index (χ1) is 14.1. The fourth-order valence-electron chi connectivity index (χ4n) is 3.17. The molecule has 2 atom stereocenters. The van der Waals surface area contributed by atoms with Gasteiger partial charge in [-0.3, -0.25) is 4.79 Å². The van der Waals surface area contributed by atoms with Crippen molar-refractivity contribution >= 4 is 34.7 Å². The number of rotatable bonds is 6. The molecule has 0 saturated heterocycles. The van der Waals surface area contributed by atoms with Crippen LogP contribution >= 0.6 is 0 Å². The fraction of sp³-hybridized carbons (Fsp3) is 0.300. The lowest BCUT2D eigenvalue weighted by molar-refractivity contribution is -0.152. The highest BCUT2D eigenvalue weighted by Gasteiger charge is 2.42. The molecule has 0 aliphatic carbocycles. The third-order valence-electron chi connectivity index (χ3n) is 5.04. The average Bonchev–Trinajstić information content (AvgIpc) is 3.08. The minimum atomic E-state index is -1.92. The van der Waals surface area contributed by atoms with E-state index in [1.165, 1.54) is 31.2 Å². The summed E-state index contributed by atoms with van der Waals surface area (Å²) in [6, 6.07) is 8.60. The maximum atomic E-state index is 13.0. The normalized spacial score (nSPS) is 15.9. The molecule has 155 valence electrons. The number of hydrogen-bond acceptors (Lipinski definition) is 6. The van der Waals surface area contributed by atoms with Crippen LogP contribution in [0.2, 0.25) is 0 Å². The summed E-state index contributed by atoms with van der Waals surface area (Å²) in [7, 11) is 2.04. The number of carbonyl (C=O) groups excluding carboxylic acids is 2. The summed E-state index contributed by atoms with van der Waals surface area (Å²) in [5.41, 5.74) is 2.55. The van der Waals surface area contributed by atoms with Gasteiger partial charge in [-0.05, 0) is 54.2 Å². The molecular weight excluding hydrogens is 408 g/mol. The van der Waals surface area contributed by atoms with Crippen molar-refractivity contribution in [3.8, 4) is 0 Å². The molecule has 0 bridgehead atoms. The molecule has 3 rings (SSSR count). The van der Waals surface area contributed by atoms with E-state index in [1.807, 2.05) is 0 Å². The van der Waals surface area contributed by atoms with E-state index in [-0.39, 0.29) is 18.8 Å². The topological polar surface area (TPSA) is 105 Å². The Morgan fingerprint density at radius 3 is 2.63 bits per heavy atom. The largest absolute Gasteiger partial charge is 0.492 e. The number of amides is 1. The van der Waals surface area contributed by atoms with E-state index in [4.69, 9.17) is 9.39 Å². The summed E-state index contributed by atoms with van der Waals surface area (Å²) in [6.07, 6.45) is -1.34. The van der Waals surface area contributed by atoms with Gasteiger partial charge in [0, 0.05) is 5.56 Å². The van der Waals surface area contributed by atoms with Crippen molar-refractivity contribution in [3.63, 3.8) is 0 Å². The molecular formula is C20H20BFNO6Si. The standard InChI is InChI=1S/C20H20BFNO6Si/c1-11-16(8-5-14-10-29-21(27)17(11)14)18(25)23-20(30,12(2)24)19(26)28-9-13-3-6-15(22)7-4-13/h3-8,12,24,27H,9-10H2,1-2H3,(H,23,25)/t12-,20-/m0/s1. The molecule has 2 aromatic rings. The number of aliphatic hydroxyl groups is 1. The van der Waals surface area contributed by atoms with Gasteiger partial charge in [0.05, 0.1) is 23.0 Å². The van der Waals surface area contributed by atoms with E-state index < -0.39 is 36.1 Å². The van der Waals surface area contributed by atoms with E-state index in [9.17, 15) is 24.1 Å². The van der Waals surface area contributed by atoms with Gasteiger partial charge in [0.1, 0.15) is 17.6 Å². The zero-order valence-corrected chi connectivity index (χ0v) is 17.4. The van der Waals surface area contributed by atoms with Crippen LogP contribution in [-0.2, 0) is 27.4 Å². The molecule has 0 saturated carbocycles. The van der Waals surface area contributed by atoms with Crippen LogP contribution < -0.4 is 10.8 Å². The van der Waals surface area contributed by atoms with Gasteiger partial charge in [0.25, 0.3) is 5.91 Å². The van der Waals surface area contributed by atoms with Crippen LogP contribution in [0.4, 0.5) is 4.39 Å². The Labute approximate surface area is 176 Å². The minimum absolute atomic E-state index is 0.171. The summed E-state index contributed by atoms with van der Waals surface area (Å²) >= 11 is 0. The number of benzene rings is 2. The molecule has 2 aromatic carbocycles. The first-order valence-electron chi connectivity index (χ1n) is 9.22. The van der Waals surface area contributed by atoms with Crippen LogP contribution in [0.15, 0.2) is 36.4 Å². The predicted molar refractivity (Wildman–Crippen MR) is 107 cm³/mol. The fourth-order valence-corrected chi connectivity index (χ4v) is 3.35. The molecule has 0 fully saturated rings. The van der Waals surface area contributed by atoms with E-state index in [0.29, 0.717) is 16.6 Å². The van der Waals surface area contributed by atoms with Crippen LogP contribution in [0.1, 0.15) is 34.0 Å². The van der Waals surface area contributed by atoms with Gasteiger partial charge in [-0.25, -0.2) is 9.18 Å². The molecule has 0 aromatic heterocycles. The summed E-state index contributed by atoms with van der Waals surface area (Å²) in [5, 5.41) is 20.7. The number of hydrogen-bond donors (Lipinski definition) is 3. The molecule has 1 amide bonds. The monoisotopic (exact) mass is 428 g/mol. The summed E-state index contributed by atoms with van der Waals surface area (Å²) in [4.78, 5) is 25.5. The lowest BCUT2D eigenvalue weighted by atomic mass is 9.75. The molecule has 3 radical (unpaired) electrons. The quantitative estimate of drug-likeness (QED) is 0.445. The Hall–Kier alpha value is -2.53. The van der Waals surface area contributed by atoms with Gasteiger partial charge < -0.3 is 24.8 Å². The highest BCUT2D eigenvalue weighted by molar-refractivity contribution is 6.62. The zero-order valence-electron chi connectivity index (χ0n) is 16.4. The smallest absolute Gasteiger partial charge is 0.459 e. The van der Waals surface area contributed by atoms with Gasteiger partial charge in [0.15, 0.2) is 0 Å². The molecule has 1 aliphatic rings. The number of aliphatic hydroxyl groups excluding tert-OH is 1. The van der Waals surface area contributed by atoms with Crippen molar-refractivity contribution in [2.45, 2.75) is 38.3 Å². The van der Waals surface area contributed by atoms with Crippen LogP contribution in [-0.4, -0.2) is 50.6 Å². The van der Waals surface area contributed by atoms with Crippen LogP contribution in [0.3, 0.4) is 0 Å². The van der Waals surface area contributed by atoms with E-state index >= 15 is 0 Å². The van der Waals surface area contributed by atoms with Crippen molar-refractivity contribution in [3.05, 3.63) is 64.5 Å². The number of nitrogens with one attached hydrogen (secondary N) is 1. The Bertz CT molecular complexity index is 971. The number of fused-ring (bicyclic) bond motifs is 1. The Balaban J connectivity index is 1.77. The number of esters is 1. The van der Waals surface area contributed by atoms with Crippen LogP contribution in [0, 0.1) is 12.7 Å². The van der Waals surface area contributed by atoms with Gasteiger partial charge in [-0.2, -0.15) is 0 Å². The molecule has 0 unspecified atom stereocenters. The van der Waals surface area contributed by atoms with Crippen molar-refractivity contribution in [2.24, 2.45) is 0 Å². The number of ether oxygens (including phenoxy) is 1. The summed E-state index contributed by atoms with van der Waals surface area (Å²) < 4.78 is 23.4. The Kier molecular flexibility index (Phi) is 6.42. The molecule has 1 heterocycles. The summed E-state index contributed by atoms with van der Waals surface area (Å²) in [5.74, 6) is -1.99. The lowest BCUT2D eigenvalue weighted by Crippen LogP contribution is -2.62. The second kappa shape index (κ2) is 8.68. The second-order valence-electron chi connectivity index (χ2n) is 7.11. The van der Waals surface area contributed by atoms with Crippen molar-refractivity contribution in [2.75, 3.05) is 0 Å². The van der Waals surface area contributed by atoms with Gasteiger partial charge in [-0.15, -0.1) is 0 Å². The van der Waals surface area contributed by atoms with E-state index in [2.05, 4.69) is 15.6 Å². The molecule has 30 heavy (non-hydrogen) atoms. The van der Waals surface area contributed by atoms with Gasteiger partial charge >= 0.3 is 13.1 Å². The van der Waals surface area contributed by atoms with Crippen LogP contribution in [0.25, 0.3) is 0 Å². The zero-order chi connectivity index (χ0) is 22.1. The Morgan fingerprint density at radius 2 is 2.00 bits per heavy atom. The van der Waals surface area contributed by atoms with Crippen LogP contribution in [0.5, 0.6) is 0 Å². The SMILES string of the molecule is Cc1c(C(=O)N[C@@]([Si])(C(=O)OCc2ccc(F)cc2)[C@H](C)O)ccc2c1B(O)OC2. The molecule has 0 spiro atoms. The first-order valence-corrected chi connectivity index (χ1v) is 9.72. The average molecular weight is 428 g/mol. The van der Waals surface area contributed by atoms with Crippen molar-refractivity contribution in [1.82, 2.24) is 5.32 Å². The third kappa shape index (κ3) is 4.31. The number of carbonyl (C=O) groups is 2. The third-order valence-corrected chi connectivity index (χ3v) is 5.78. The maximum Gasteiger partial charge on any atom is 0.492 e. The second-order valence-corrected chi connectivity index (χ2v) is 7.90. The van der Waals surface area contributed by atoms with E-state index in [0.717, 1.165) is 5.56 Å². The minimum Gasteiger partial charge on any atom is -0.459 e. The number of halogens is 1. The van der Waals surface area contributed by atoms with Crippen molar-refractivity contribution in [1.29, 1.82) is 0 Å².